The molecule has 7 nitrogen and oxygen atoms in total. The number of rotatable bonds is 6. The molecule has 1 aliphatic heterocycles. The SMILES string of the molecule is CC(=O)N(CCC(=O)NCc1cccnc1)c1ccc2c(c1)OCO2. The van der Waals surface area contributed by atoms with Gasteiger partial charge in [-0.25, -0.2) is 0 Å². The van der Waals surface area contributed by atoms with Crippen molar-refractivity contribution in [3.05, 3.63) is 48.3 Å². The molecule has 0 unspecified atom stereocenters. The highest BCUT2D eigenvalue weighted by atomic mass is 16.7. The normalized spacial score (nSPS) is 11.9. The van der Waals surface area contributed by atoms with E-state index in [9.17, 15) is 9.59 Å². The lowest BCUT2D eigenvalue weighted by Crippen LogP contribution is -2.33. The standard InChI is InChI=1S/C18H19N3O4/c1-13(22)21(15-4-5-16-17(9-15)25-12-24-16)8-6-18(23)20-11-14-3-2-7-19-10-14/h2-5,7,9-10H,6,8,11-12H2,1H3,(H,20,23). The molecule has 25 heavy (non-hydrogen) atoms. The second kappa shape index (κ2) is 7.65. The zero-order chi connectivity index (χ0) is 17.6. The third-order valence-corrected chi connectivity index (χ3v) is 3.82. The Balaban J connectivity index is 1.57. The van der Waals surface area contributed by atoms with Crippen LogP contribution in [0.1, 0.15) is 18.9 Å². The fourth-order valence-electron chi connectivity index (χ4n) is 2.53. The molecule has 7 heteroatoms. The molecule has 0 fully saturated rings. The van der Waals surface area contributed by atoms with Crippen molar-refractivity contribution in [1.82, 2.24) is 10.3 Å². The molecule has 1 N–H and O–H groups in total. The van der Waals surface area contributed by atoms with Gasteiger partial charge in [-0.15, -0.1) is 0 Å². The van der Waals surface area contributed by atoms with Gasteiger partial charge in [-0.3, -0.25) is 14.6 Å². The highest BCUT2D eigenvalue weighted by Crippen LogP contribution is 2.35. The second-order valence-electron chi connectivity index (χ2n) is 5.60. The Hall–Kier alpha value is -3.09. The summed E-state index contributed by atoms with van der Waals surface area (Å²) in [6, 6.07) is 9.00. The maximum Gasteiger partial charge on any atom is 0.231 e. The Morgan fingerprint density at radius 2 is 2.08 bits per heavy atom. The predicted octanol–water partition coefficient (Wildman–Crippen LogP) is 1.87. The lowest BCUT2D eigenvalue weighted by Gasteiger charge is -2.21. The van der Waals surface area contributed by atoms with Crippen LogP contribution in [0.3, 0.4) is 0 Å². The zero-order valence-corrected chi connectivity index (χ0v) is 13.9. The predicted molar refractivity (Wildman–Crippen MR) is 91.3 cm³/mol. The van der Waals surface area contributed by atoms with E-state index < -0.39 is 0 Å². The molecule has 0 spiro atoms. The number of pyridine rings is 1. The van der Waals surface area contributed by atoms with Crippen molar-refractivity contribution in [2.45, 2.75) is 19.9 Å². The monoisotopic (exact) mass is 341 g/mol. The molecule has 0 saturated carbocycles. The van der Waals surface area contributed by atoms with E-state index in [1.807, 2.05) is 12.1 Å². The van der Waals surface area contributed by atoms with E-state index >= 15 is 0 Å². The zero-order valence-electron chi connectivity index (χ0n) is 13.9. The number of benzene rings is 1. The second-order valence-corrected chi connectivity index (χ2v) is 5.60. The number of carbonyl (C=O) groups is 2. The van der Waals surface area contributed by atoms with Gasteiger partial charge in [0.2, 0.25) is 18.6 Å². The van der Waals surface area contributed by atoms with Gasteiger partial charge in [-0.05, 0) is 23.8 Å². The van der Waals surface area contributed by atoms with E-state index in [1.54, 1.807) is 35.5 Å². The summed E-state index contributed by atoms with van der Waals surface area (Å²) in [5.74, 6) is 0.987. The summed E-state index contributed by atoms with van der Waals surface area (Å²) in [7, 11) is 0. The van der Waals surface area contributed by atoms with Crippen LogP contribution in [-0.2, 0) is 16.1 Å². The molecule has 1 aliphatic rings. The minimum atomic E-state index is -0.140. The van der Waals surface area contributed by atoms with Crippen molar-refractivity contribution in [1.29, 1.82) is 0 Å². The molecule has 0 bridgehead atoms. The smallest absolute Gasteiger partial charge is 0.231 e. The molecule has 0 aliphatic carbocycles. The third-order valence-electron chi connectivity index (χ3n) is 3.82. The number of aromatic nitrogens is 1. The van der Waals surface area contributed by atoms with Gasteiger partial charge in [0.25, 0.3) is 0 Å². The first-order chi connectivity index (χ1) is 12.1. The minimum Gasteiger partial charge on any atom is -0.454 e. The first kappa shape index (κ1) is 16.8. The molecule has 0 atom stereocenters. The van der Waals surface area contributed by atoms with Crippen molar-refractivity contribution < 1.29 is 19.1 Å². The van der Waals surface area contributed by atoms with Gasteiger partial charge in [0.05, 0.1) is 0 Å². The van der Waals surface area contributed by atoms with E-state index in [0.29, 0.717) is 23.7 Å². The number of nitrogens with zero attached hydrogens (tertiary/aromatic N) is 2. The lowest BCUT2D eigenvalue weighted by atomic mass is 10.2. The van der Waals surface area contributed by atoms with Crippen LogP contribution in [0.4, 0.5) is 5.69 Å². The fourth-order valence-corrected chi connectivity index (χ4v) is 2.53. The van der Waals surface area contributed by atoms with Crippen LogP contribution < -0.4 is 19.7 Å². The number of hydrogen-bond donors (Lipinski definition) is 1. The molecule has 2 amide bonds. The van der Waals surface area contributed by atoms with Crippen molar-refractivity contribution in [3.8, 4) is 11.5 Å². The molecule has 0 radical (unpaired) electrons. The number of nitrogens with one attached hydrogen (secondary N) is 1. The van der Waals surface area contributed by atoms with Crippen LogP contribution in [0.2, 0.25) is 0 Å². The van der Waals surface area contributed by atoms with Crippen molar-refractivity contribution >= 4 is 17.5 Å². The quantitative estimate of drug-likeness (QED) is 0.867. The Bertz CT molecular complexity index is 764. The summed E-state index contributed by atoms with van der Waals surface area (Å²) in [6.07, 6.45) is 3.59. The fraction of sp³-hybridized carbons (Fsp3) is 0.278. The van der Waals surface area contributed by atoms with Crippen molar-refractivity contribution in [2.24, 2.45) is 0 Å². The summed E-state index contributed by atoms with van der Waals surface area (Å²) in [5, 5.41) is 2.82. The average Bonchev–Trinajstić information content (AvgIpc) is 3.08. The van der Waals surface area contributed by atoms with Gasteiger partial charge in [-0.1, -0.05) is 6.07 Å². The average molecular weight is 341 g/mol. The largest absolute Gasteiger partial charge is 0.454 e. The van der Waals surface area contributed by atoms with E-state index in [2.05, 4.69) is 10.3 Å². The van der Waals surface area contributed by atoms with E-state index in [4.69, 9.17) is 9.47 Å². The lowest BCUT2D eigenvalue weighted by molar-refractivity contribution is -0.121. The third kappa shape index (κ3) is 4.26. The summed E-state index contributed by atoms with van der Waals surface area (Å²) in [6.45, 7) is 2.35. The first-order valence-electron chi connectivity index (χ1n) is 7.97. The summed E-state index contributed by atoms with van der Waals surface area (Å²) in [5.41, 5.74) is 1.60. The molecule has 130 valence electrons. The first-order valence-corrected chi connectivity index (χ1v) is 7.97. The molecule has 2 aromatic rings. The van der Waals surface area contributed by atoms with Crippen LogP contribution in [0.5, 0.6) is 11.5 Å². The van der Waals surface area contributed by atoms with Crippen LogP contribution in [0.15, 0.2) is 42.7 Å². The molecule has 3 rings (SSSR count). The van der Waals surface area contributed by atoms with Gasteiger partial charge < -0.3 is 19.7 Å². The number of ether oxygens (including phenoxy) is 2. The maximum atomic E-state index is 12.0. The van der Waals surface area contributed by atoms with Gasteiger partial charge in [-0.2, -0.15) is 0 Å². The highest BCUT2D eigenvalue weighted by Gasteiger charge is 2.18. The van der Waals surface area contributed by atoms with Gasteiger partial charge >= 0.3 is 0 Å². The molecular formula is C18H19N3O4. The van der Waals surface area contributed by atoms with E-state index in [1.165, 1.54) is 6.92 Å². The van der Waals surface area contributed by atoms with Gasteiger partial charge in [0, 0.05) is 50.6 Å². The summed E-state index contributed by atoms with van der Waals surface area (Å²) >= 11 is 0. The molecule has 1 aromatic carbocycles. The topological polar surface area (TPSA) is 80.8 Å². The number of amides is 2. The Morgan fingerprint density at radius 1 is 1.24 bits per heavy atom. The molecule has 1 aromatic heterocycles. The van der Waals surface area contributed by atoms with Crippen LogP contribution in [0.25, 0.3) is 0 Å². The molecular weight excluding hydrogens is 322 g/mol. The Kier molecular flexibility index (Phi) is 5.13. The Morgan fingerprint density at radius 3 is 2.84 bits per heavy atom. The number of anilines is 1. The summed E-state index contributed by atoms with van der Waals surface area (Å²) in [4.78, 5) is 29.5. The van der Waals surface area contributed by atoms with Crippen molar-refractivity contribution in [3.63, 3.8) is 0 Å². The van der Waals surface area contributed by atoms with Crippen LogP contribution >= 0.6 is 0 Å². The van der Waals surface area contributed by atoms with Crippen molar-refractivity contribution in [2.75, 3.05) is 18.2 Å². The summed E-state index contributed by atoms with van der Waals surface area (Å²) < 4.78 is 10.6. The highest BCUT2D eigenvalue weighted by molar-refractivity contribution is 5.92. The van der Waals surface area contributed by atoms with E-state index in [0.717, 1.165) is 5.56 Å². The van der Waals surface area contributed by atoms with Gasteiger partial charge in [0.1, 0.15) is 0 Å². The Labute approximate surface area is 145 Å². The van der Waals surface area contributed by atoms with Crippen LogP contribution in [0, 0.1) is 0 Å². The number of hydrogen-bond acceptors (Lipinski definition) is 5. The minimum absolute atomic E-state index is 0.129. The number of fused-ring (bicyclic) bond motifs is 1. The van der Waals surface area contributed by atoms with E-state index in [-0.39, 0.29) is 31.6 Å². The van der Waals surface area contributed by atoms with Gasteiger partial charge in [0.15, 0.2) is 11.5 Å². The van der Waals surface area contributed by atoms with Crippen LogP contribution in [-0.4, -0.2) is 30.1 Å². The molecule has 2 heterocycles. The number of carbonyl (C=O) groups excluding carboxylic acids is 2. The maximum absolute atomic E-state index is 12.0. The molecule has 0 saturated heterocycles.